The minimum atomic E-state index is -1.19. The molecular formula is C8H5Cl2NO3. The van der Waals surface area contributed by atoms with E-state index in [-0.39, 0.29) is 0 Å². The standard InChI is InChI=1S/C8H5Cl2NO3/c9-6-2-1-5(3-7(6)10)14-11-4-8(12)13/h1-4H,(H,12,13)/b11-4+. The second-order valence-corrected chi connectivity index (χ2v) is 3.05. The highest BCUT2D eigenvalue weighted by molar-refractivity contribution is 6.42. The van der Waals surface area contributed by atoms with E-state index in [4.69, 9.17) is 33.1 Å². The Morgan fingerprint density at radius 2 is 2.14 bits per heavy atom. The lowest BCUT2D eigenvalue weighted by Crippen LogP contribution is -1.96. The van der Waals surface area contributed by atoms with Gasteiger partial charge in [-0.1, -0.05) is 28.4 Å². The molecule has 0 atom stereocenters. The van der Waals surface area contributed by atoms with Crippen LogP contribution < -0.4 is 4.84 Å². The van der Waals surface area contributed by atoms with E-state index < -0.39 is 5.97 Å². The average molecular weight is 234 g/mol. The Balaban J connectivity index is 2.69. The summed E-state index contributed by atoms with van der Waals surface area (Å²) in [6.07, 6.45) is 0.627. The van der Waals surface area contributed by atoms with E-state index in [2.05, 4.69) is 5.16 Å². The summed E-state index contributed by atoms with van der Waals surface area (Å²) in [4.78, 5) is 14.7. The average Bonchev–Trinajstić information content (AvgIpc) is 2.10. The minimum absolute atomic E-state index is 0.315. The fraction of sp³-hybridized carbons (Fsp3) is 0. The molecule has 0 bridgehead atoms. The number of hydrogen-bond donors (Lipinski definition) is 1. The van der Waals surface area contributed by atoms with Gasteiger partial charge in [-0.25, -0.2) is 4.79 Å². The fourth-order valence-corrected chi connectivity index (χ4v) is 0.954. The first-order valence-electron chi connectivity index (χ1n) is 3.48. The smallest absolute Gasteiger partial charge is 0.350 e. The molecule has 0 aromatic heterocycles. The number of aliphatic carboxylic acids is 1. The van der Waals surface area contributed by atoms with Crippen molar-refractivity contribution in [1.82, 2.24) is 0 Å². The first-order valence-corrected chi connectivity index (χ1v) is 4.23. The molecule has 0 heterocycles. The van der Waals surface area contributed by atoms with Gasteiger partial charge in [-0.3, -0.25) is 0 Å². The quantitative estimate of drug-likeness (QED) is 0.645. The SMILES string of the molecule is O=C(O)/C=N/Oc1ccc(Cl)c(Cl)c1. The fourth-order valence-electron chi connectivity index (χ4n) is 0.666. The van der Waals surface area contributed by atoms with Gasteiger partial charge >= 0.3 is 5.97 Å². The molecule has 0 aliphatic carbocycles. The molecule has 1 rings (SSSR count). The Bertz CT molecular complexity index is 379. The molecule has 0 saturated carbocycles. The van der Waals surface area contributed by atoms with Crippen molar-refractivity contribution in [2.45, 2.75) is 0 Å². The Morgan fingerprint density at radius 1 is 1.43 bits per heavy atom. The molecular weight excluding hydrogens is 229 g/mol. The van der Waals surface area contributed by atoms with Crippen molar-refractivity contribution in [3.8, 4) is 5.75 Å². The van der Waals surface area contributed by atoms with Gasteiger partial charge in [0.1, 0.15) is 0 Å². The van der Waals surface area contributed by atoms with Gasteiger partial charge in [0.15, 0.2) is 12.0 Å². The highest BCUT2D eigenvalue weighted by atomic mass is 35.5. The summed E-state index contributed by atoms with van der Waals surface area (Å²) in [6, 6.07) is 4.48. The molecule has 0 amide bonds. The van der Waals surface area contributed by atoms with E-state index >= 15 is 0 Å². The lowest BCUT2D eigenvalue weighted by atomic mass is 10.3. The summed E-state index contributed by atoms with van der Waals surface area (Å²) < 4.78 is 0. The van der Waals surface area contributed by atoms with Crippen molar-refractivity contribution in [1.29, 1.82) is 0 Å². The molecule has 0 aliphatic heterocycles. The zero-order valence-electron chi connectivity index (χ0n) is 6.78. The van der Waals surface area contributed by atoms with Gasteiger partial charge in [-0.05, 0) is 12.1 Å². The van der Waals surface area contributed by atoms with Gasteiger partial charge in [0.05, 0.1) is 10.0 Å². The number of carbonyl (C=O) groups is 1. The van der Waals surface area contributed by atoms with Gasteiger partial charge in [0, 0.05) is 6.07 Å². The van der Waals surface area contributed by atoms with Crippen molar-refractivity contribution in [2.24, 2.45) is 5.16 Å². The molecule has 1 aromatic rings. The lowest BCUT2D eigenvalue weighted by molar-refractivity contribution is -0.128. The Labute approximate surface area is 89.7 Å². The van der Waals surface area contributed by atoms with Gasteiger partial charge in [-0.15, -0.1) is 0 Å². The Hall–Kier alpha value is -1.26. The normalized spacial score (nSPS) is 10.4. The molecule has 0 radical (unpaired) electrons. The highest BCUT2D eigenvalue weighted by Gasteiger charge is 1.99. The molecule has 0 aliphatic rings. The van der Waals surface area contributed by atoms with Crippen LogP contribution in [0.3, 0.4) is 0 Å². The molecule has 0 spiro atoms. The number of nitrogens with zero attached hydrogens (tertiary/aromatic N) is 1. The number of carboxylic acid groups (broad SMARTS) is 1. The van der Waals surface area contributed by atoms with Gasteiger partial charge in [0.2, 0.25) is 0 Å². The van der Waals surface area contributed by atoms with Gasteiger partial charge < -0.3 is 9.94 Å². The van der Waals surface area contributed by atoms with Crippen LogP contribution in [0.25, 0.3) is 0 Å². The zero-order chi connectivity index (χ0) is 10.6. The summed E-state index contributed by atoms with van der Waals surface area (Å²) in [5.74, 6) is -0.873. The van der Waals surface area contributed by atoms with Crippen LogP contribution in [0.15, 0.2) is 23.4 Å². The monoisotopic (exact) mass is 233 g/mol. The van der Waals surface area contributed by atoms with Crippen LogP contribution in [-0.4, -0.2) is 17.3 Å². The number of rotatable bonds is 3. The number of benzene rings is 1. The predicted octanol–water partition coefficient (Wildman–Crippen LogP) is 2.44. The number of carboxylic acids is 1. The third-order valence-electron chi connectivity index (χ3n) is 1.21. The largest absolute Gasteiger partial charge is 0.477 e. The van der Waals surface area contributed by atoms with Crippen LogP contribution >= 0.6 is 23.2 Å². The first-order chi connectivity index (χ1) is 6.59. The maximum Gasteiger partial charge on any atom is 0.350 e. The maximum atomic E-state index is 10.0. The topological polar surface area (TPSA) is 58.9 Å². The first kappa shape index (κ1) is 10.8. The van der Waals surface area contributed by atoms with E-state index in [1.54, 1.807) is 0 Å². The molecule has 74 valence electrons. The number of oxime groups is 1. The van der Waals surface area contributed by atoms with Crippen molar-refractivity contribution < 1.29 is 14.7 Å². The molecule has 14 heavy (non-hydrogen) atoms. The van der Waals surface area contributed by atoms with Crippen molar-refractivity contribution in [3.63, 3.8) is 0 Å². The lowest BCUT2D eigenvalue weighted by Gasteiger charge is -1.99. The van der Waals surface area contributed by atoms with Crippen LogP contribution in [0.1, 0.15) is 0 Å². The summed E-state index contributed by atoms with van der Waals surface area (Å²) in [5.41, 5.74) is 0. The summed E-state index contributed by atoms with van der Waals surface area (Å²) in [7, 11) is 0. The third-order valence-corrected chi connectivity index (χ3v) is 1.95. The number of hydrogen-bond acceptors (Lipinski definition) is 3. The highest BCUT2D eigenvalue weighted by Crippen LogP contribution is 2.26. The van der Waals surface area contributed by atoms with Crippen molar-refractivity contribution in [3.05, 3.63) is 28.2 Å². The Kier molecular flexibility index (Phi) is 3.73. The predicted molar refractivity (Wildman–Crippen MR) is 53.2 cm³/mol. The van der Waals surface area contributed by atoms with Crippen LogP contribution in [0.5, 0.6) is 5.75 Å². The maximum absolute atomic E-state index is 10.0. The Morgan fingerprint density at radius 3 is 2.71 bits per heavy atom. The summed E-state index contributed by atoms with van der Waals surface area (Å²) >= 11 is 11.3. The second-order valence-electron chi connectivity index (χ2n) is 2.24. The minimum Gasteiger partial charge on any atom is -0.477 e. The van der Waals surface area contributed by atoms with Gasteiger partial charge in [-0.2, -0.15) is 0 Å². The van der Waals surface area contributed by atoms with Crippen LogP contribution in [-0.2, 0) is 4.79 Å². The summed E-state index contributed by atoms with van der Waals surface area (Å²) in [5, 5.41) is 12.1. The zero-order valence-corrected chi connectivity index (χ0v) is 8.29. The molecule has 1 aromatic carbocycles. The third kappa shape index (κ3) is 3.24. The molecule has 0 unspecified atom stereocenters. The second kappa shape index (κ2) is 4.83. The van der Waals surface area contributed by atoms with E-state index in [0.717, 1.165) is 0 Å². The van der Waals surface area contributed by atoms with Crippen molar-refractivity contribution in [2.75, 3.05) is 0 Å². The van der Waals surface area contributed by atoms with E-state index in [1.165, 1.54) is 18.2 Å². The number of halogens is 2. The van der Waals surface area contributed by atoms with E-state index in [9.17, 15) is 4.79 Å². The van der Waals surface area contributed by atoms with Crippen molar-refractivity contribution >= 4 is 35.4 Å². The molecule has 0 saturated heterocycles. The molecule has 0 fully saturated rings. The van der Waals surface area contributed by atoms with Gasteiger partial charge in [0.25, 0.3) is 0 Å². The van der Waals surface area contributed by atoms with Crippen LogP contribution in [0, 0.1) is 0 Å². The molecule has 6 heteroatoms. The van der Waals surface area contributed by atoms with Crippen LogP contribution in [0.2, 0.25) is 10.0 Å². The summed E-state index contributed by atoms with van der Waals surface area (Å²) in [6.45, 7) is 0. The molecule has 1 N–H and O–H groups in total. The van der Waals surface area contributed by atoms with E-state index in [1.807, 2.05) is 0 Å². The van der Waals surface area contributed by atoms with E-state index in [0.29, 0.717) is 22.0 Å². The van der Waals surface area contributed by atoms with Crippen LogP contribution in [0.4, 0.5) is 0 Å². The molecule has 4 nitrogen and oxygen atoms in total.